The van der Waals surface area contributed by atoms with Crippen molar-refractivity contribution in [3.05, 3.63) is 95.3 Å². The summed E-state index contributed by atoms with van der Waals surface area (Å²) in [6, 6.07) is 18.5. The maximum Gasteiger partial charge on any atom is 0.335 e. The largest absolute Gasteiger partial charge is 0.497 e. The van der Waals surface area contributed by atoms with Crippen LogP contribution in [0.1, 0.15) is 41.0 Å². The Morgan fingerprint density at radius 3 is 2.34 bits per heavy atom. The van der Waals surface area contributed by atoms with Crippen LogP contribution in [0.25, 0.3) is 6.08 Å². The van der Waals surface area contributed by atoms with Crippen molar-refractivity contribution in [3.63, 3.8) is 0 Å². The second kappa shape index (κ2) is 10.1. The molecule has 2 aromatic carbocycles. The van der Waals surface area contributed by atoms with Gasteiger partial charge in [-0.15, -0.1) is 0 Å². The first-order chi connectivity index (χ1) is 15.3. The third-order valence-corrected chi connectivity index (χ3v) is 5.12. The lowest BCUT2D eigenvalue weighted by Crippen LogP contribution is -2.34. The molecule has 0 aliphatic rings. The first kappa shape index (κ1) is 23.0. The summed E-state index contributed by atoms with van der Waals surface area (Å²) < 4.78 is 12.5. The molecule has 0 atom stereocenters. The third kappa shape index (κ3) is 5.74. The van der Waals surface area contributed by atoms with Gasteiger partial charge < -0.3 is 19.1 Å². The smallest absolute Gasteiger partial charge is 0.335 e. The van der Waals surface area contributed by atoms with Crippen molar-refractivity contribution in [2.24, 2.45) is 0 Å². The summed E-state index contributed by atoms with van der Waals surface area (Å²) in [6.45, 7) is 3.84. The molecular weight excluding hydrogens is 406 g/mol. The first-order valence-corrected chi connectivity index (χ1v) is 10.3. The highest BCUT2D eigenvalue weighted by molar-refractivity contribution is 6.08. The van der Waals surface area contributed by atoms with Gasteiger partial charge in [-0.1, -0.05) is 36.4 Å². The summed E-state index contributed by atoms with van der Waals surface area (Å²) in [5.41, 5.74) is 1.90. The summed E-state index contributed by atoms with van der Waals surface area (Å²) in [6.07, 6.45) is 5.85. The minimum Gasteiger partial charge on any atom is -0.497 e. The summed E-state index contributed by atoms with van der Waals surface area (Å²) in [4.78, 5) is 24.0. The Morgan fingerprint density at radius 2 is 1.72 bits per heavy atom. The van der Waals surface area contributed by atoms with Crippen molar-refractivity contribution in [2.45, 2.75) is 32.6 Å². The monoisotopic (exact) mass is 433 g/mol. The standard InChI is InChI=1S/C26H27NO5/c1-26(2,25(29)30)32-18-20-10-8-19(9-11-20)6-4-16-27-17-5-7-23(27)24(28)21-12-14-22(31-3)15-13-21/h4-15,17H,16,18H2,1-3H3,(H,29,30)/b6-4+. The summed E-state index contributed by atoms with van der Waals surface area (Å²) in [5, 5.41) is 9.12. The number of allylic oxidation sites excluding steroid dienone is 1. The fourth-order valence-electron chi connectivity index (χ4n) is 3.02. The molecule has 0 saturated carbocycles. The highest BCUT2D eigenvalue weighted by atomic mass is 16.5. The number of methoxy groups -OCH3 is 1. The molecule has 166 valence electrons. The molecular formula is C26H27NO5. The van der Waals surface area contributed by atoms with Crippen LogP contribution in [-0.2, 0) is 22.7 Å². The van der Waals surface area contributed by atoms with Gasteiger partial charge in [0.15, 0.2) is 5.60 Å². The van der Waals surface area contributed by atoms with Gasteiger partial charge in [0.05, 0.1) is 19.4 Å². The van der Waals surface area contributed by atoms with Crippen LogP contribution in [-0.4, -0.2) is 34.1 Å². The van der Waals surface area contributed by atoms with E-state index in [1.807, 2.05) is 59.3 Å². The predicted octanol–water partition coefficient (Wildman–Crippen LogP) is 4.82. The van der Waals surface area contributed by atoms with Gasteiger partial charge in [-0.2, -0.15) is 0 Å². The van der Waals surface area contributed by atoms with Crippen molar-refractivity contribution in [3.8, 4) is 5.75 Å². The van der Waals surface area contributed by atoms with Crippen molar-refractivity contribution in [2.75, 3.05) is 7.11 Å². The molecule has 6 nitrogen and oxygen atoms in total. The maximum atomic E-state index is 12.8. The number of benzene rings is 2. The summed E-state index contributed by atoms with van der Waals surface area (Å²) >= 11 is 0. The number of carbonyl (C=O) groups is 2. The number of hydrogen-bond donors (Lipinski definition) is 1. The molecule has 0 spiro atoms. The molecule has 1 N–H and O–H groups in total. The molecule has 32 heavy (non-hydrogen) atoms. The molecule has 0 aliphatic heterocycles. The van der Waals surface area contributed by atoms with E-state index in [9.17, 15) is 9.59 Å². The van der Waals surface area contributed by atoms with Crippen LogP contribution < -0.4 is 4.74 Å². The van der Waals surface area contributed by atoms with Crippen LogP contribution >= 0.6 is 0 Å². The number of carboxylic acid groups (broad SMARTS) is 1. The van der Waals surface area contributed by atoms with E-state index in [0.29, 0.717) is 23.6 Å². The Labute approximate surface area is 187 Å². The normalized spacial score (nSPS) is 11.6. The zero-order valence-electron chi connectivity index (χ0n) is 18.4. The highest BCUT2D eigenvalue weighted by Crippen LogP contribution is 2.17. The Kier molecular flexibility index (Phi) is 7.28. The van der Waals surface area contributed by atoms with Crippen molar-refractivity contribution >= 4 is 17.8 Å². The SMILES string of the molecule is COc1ccc(C(=O)c2cccn2C/C=C/c2ccc(COC(C)(C)C(=O)O)cc2)cc1. The van der Waals surface area contributed by atoms with Gasteiger partial charge in [0.25, 0.3) is 0 Å². The van der Waals surface area contributed by atoms with Gasteiger partial charge in [0, 0.05) is 18.3 Å². The lowest BCUT2D eigenvalue weighted by molar-refractivity contribution is -0.162. The number of carboxylic acids is 1. The number of aliphatic carboxylic acids is 1. The average molecular weight is 434 g/mol. The number of carbonyl (C=O) groups excluding carboxylic acids is 1. The van der Waals surface area contributed by atoms with Gasteiger partial charge in [-0.25, -0.2) is 4.79 Å². The van der Waals surface area contributed by atoms with E-state index >= 15 is 0 Å². The van der Waals surface area contributed by atoms with Crippen LogP contribution in [0.2, 0.25) is 0 Å². The number of aromatic nitrogens is 1. The van der Waals surface area contributed by atoms with E-state index < -0.39 is 11.6 Å². The fourth-order valence-corrected chi connectivity index (χ4v) is 3.02. The topological polar surface area (TPSA) is 77.8 Å². The van der Waals surface area contributed by atoms with E-state index in [2.05, 4.69) is 0 Å². The summed E-state index contributed by atoms with van der Waals surface area (Å²) in [7, 11) is 1.59. The van der Waals surface area contributed by atoms with Crippen molar-refractivity contribution in [1.29, 1.82) is 0 Å². The molecule has 0 radical (unpaired) electrons. The van der Waals surface area contributed by atoms with Crippen LogP contribution in [0.3, 0.4) is 0 Å². The minimum absolute atomic E-state index is 0.0420. The molecule has 0 saturated heterocycles. The molecule has 0 amide bonds. The van der Waals surface area contributed by atoms with Gasteiger partial charge in [0.1, 0.15) is 5.75 Å². The van der Waals surface area contributed by atoms with E-state index in [1.165, 1.54) is 13.8 Å². The number of nitrogens with zero attached hydrogens (tertiary/aromatic N) is 1. The lowest BCUT2D eigenvalue weighted by Gasteiger charge is -2.20. The van der Waals surface area contributed by atoms with Gasteiger partial charge in [-0.3, -0.25) is 4.79 Å². The molecule has 1 aromatic heterocycles. The fraction of sp³-hybridized carbons (Fsp3) is 0.231. The molecule has 1 heterocycles. The molecule has 3 aromatic rings. The molecule has 0 bridgehead atoms. The van der Waals surface area contributed by atoms with E-state index in [1.54, 1.807) is 31.4 Å². The second-order valence-electron chi connectivity index (χ2n) is 7.85. The Hall–Kier alpha value is -3.64. The number of ketones is 1. The molecule has 3 rings (SSSR count). The molecule has 6 heteroatoms. The van der Waals surface area contributed by atoms with Crippen LogP contribution in [0.15, 0.2) is 72.9 Å². The van der Waals surface area contributed by atoms with E-state index in [-0.39, 0.29) is 12.4 Å². The third-order valence-electron chi connectivity index (χ3n) is 5.12. The van der Waals surface area contributed by atoms with Crippen LogP contribution in [0.5, 0.6) is 5.75 Å². The highest BCUT2D eigenvalue weighted by Gasteiger charge is 2.27. The zero-order valence-corrected chi connectivity index (χ0v) is 18.4. The van der Waals surface area contributed by atoms with Crippen molar-refractivity contribution in [1.82, 2.24) is 4.57 Å². The van der Waals surface area contributed by atoms with E-state index in [0.717, 1.165) is 11.1 Å². The number of rotatable bonds is 10. The first-order valence-electron chi connectivity index (χ1n) is 10.3. The van der Waals surface area contributed by atoms with Crippen LogP contribution in [0.4, 0.5) is 0 Å². The Morgan fingerprint density at radius 1 is 1.03 bits per heavy atom. The van der Waals surface area contributed by atoms with Gasteiger partial charge >= 0.3 is 5.97 Å². The summed E-state index contributed by atoms with van der Waals surface area (Å²) in [5.74, 6) is -0.324. The Balaban J connectivity index is 1.60. The molecule has 0 aliphatic carbocycles. The van der Waals surface area contributed by atoms with Gasteiger partial charge in [-0.05, 0) is 61.4 Å². The molecule has 0 unspecified atom stereocenters. The quantitative estimate of drug-likeness (QED) is 0.464. The van der Waals surface area contributed by atoms with Gasteiger partial charge in [0.2, 0.25) is 5.78 Å². The molecule has 0 fully saturated rings. The van der Waals surface area contributed by atoms with Crippen molar-refractivity contribution < 1.29 is 24.2 Å². The van der Waals surface area contributed by atoms with E-state index in [4.69, 9.17) is 14.6 Å². The maximum absolute atomic E-state index is 12.8. The number of ether oxygens (including phenoxy) is 2. The Bertz CT molecular complexity index is 1090. The number of hydrogen-bond acceptors (Lipinski definition) is 4. The second-order valence-corrected chi connectivity index (χ2v) is 7.85. The lowest BCUT2D eigenvalue weighted by atomic mass is 10.1. The minimum atomic E-state index is -1.23. The zero-order chi connectivity index (χ0) is 23.1. The average Bonchev–Trinajstić information content (AvgIpc) is 3.26. The predicted molar refractivity (Wildman–Crippen MR) is 123 cm³/mol. The van der Waals surface area contributed by atoms with Crippen LogP contribution in [0, 0.1) is 0 Å².